The van der Waals surface area contributed by atoms with Crippen LogP contribution >= 0.6 is 0 Å². The molecule has 3 rings (SSSR count). The maximum Gasteiger partial charge on any atom is 0.151 e. The summed E-state index contributed by atoms with van der Waals surface area (Å²) in [4.78, 5) is 4.39. The van der Waals surface area contributed by atoms with Gasteiger partial charge < -0.3 is 9.64 Å². The molecule has 1 aromatic heterocycles. The second-order valence-electron chi connectivity index (χ2n) is 5.82. The summed E-state index contributed by atoms with van der Waals surface area (Å²) in [6, 6.07) is 10.5. The number of benzene rings is 1. The first-order valence-electron chi connectivity index (χ1n) is 7.78. The van der Waals surface area contributed by atoms with Crippen LogP contribution in [0.4, 0.5) is 10.2 Å². The highest BCUT2D eigenvalue weighted by atomic mass is 19.1. The third kappa shape index (κ3) is 4.46. The Morgan fingerprint density at radius 3 is 2.87 bits per heavy atom. The predicted octanol–water partition coefficient (Wildman–Crippen LogP) is 1.95. The molecule has 1 aliphatic heterocycles. The lowest BCUT2D eigenvalue weighted by atomic mass is 10.2. The molecule has 122 valence electrons. The Morgan fingerprint density at radius 1 is 1.30 bits per heavy atom. The highest BCUT2D eigenvalue weighted by molar-refractivity contribution is 5.35. The van der Waals surface area contributed by atoms with Gasteiger partial charge in [0, 0.05) is 39.4 Å². The van der Waals surface area contributed by atoms with Gasteiger partial charge in [-0.15, -0.1) is 5.10 Å². The lowest BCUT2D eigenvalue weighted by molar-refractivity contribution is -0.0265. The first-order chi connectivity index (χ1) is 11.2. The molecule has 0 bridgehead atoms. The minimum atomic E-state index is -0.195. The van der Waals surface area contributed by atoms with Crippen molar-refractivity contribution in [3.63, 3.8) is 0 Å². The zero-order valence-electron chi connectivity index (χ0n) is 13.2. The Bertz CT molecular complexity index is 608. The van der Waals surface area contributed by atoms with Crippen LogP contribution in [0.1, 0.15) is 5.56 Å². The van der Waals surface area contributed by atoms with Crippen molar-refractivity contribution in [2.75, 3.05) is 38.2 Å². The van der Waals surface area contributed by atoms with Crippen molar-refractivity contribution in [1.29, 1.82) is 0 Å². The van der Waals surface area contributed by atoms with Gasteiger partial charge in [0.1, 0.15) is 5.82 Å². The van der Waals surface area contributed by atoms with E-state index in [1.807, 2.05) is 31.3 Å². The van der Waals surface area contributed by atoms with Gasteiger partial charge in [-0.1, -0.05) is 12.1 Å². The zero-order valence-corrected chi connectivity index (χ0v) is 13.2. The Labute approximate surface area is 135 Å². The third-order valence-electron chi connectivity index (χ3n) is 3.97. The van der Waals surface area contributed by atoms with Gasteiger partial charge in [0.25, 0.3) is 0 Å². The Balaban J connectivity index is 1.54. The van der Waals surface area contributed by atoms with Crippen molar-refractivity contribution in [3.8, 4) is 0 Å². The van der Waals surface area contributed by atoms with E-state index in [0.29, 0.717) is 6.61 Å². The van der Waals surface area contributed by atoms with Crippen LogP contribution in [0, 0.1) is 5.82 Å². The number of nitrogens with zero attached hydrogens (tertiary/aromatic N) is 4. The maximum absolute atomic E-state index is 13.0. The number of halogens is 1. The minimum absolute atomic E-state index is 0.121. The van der Waals surface area contributed by atoms with Crippen molar-refractivity contribution in [1.82, 2.24) is 15.1 Å². The predicted molar refractivity (Wildman–Crippen MR) is 86.7 cm³/mol. The van der Waals surface area contributed by atoms with Crippen LogP contribution in [0.5, 0.6) is 0 Å². The molecule has 1 unspecified atom stereocenters. The van der Waals surface area contributed by atoms with Gasteiger partial charge in [-0.05, 0) is 29.8 Å². The van der Waals surface area contributed by atoms with Crippen molar-refractivity contribution in [3.05, 3.63) is 54.0 Å². The van der Waals surface area contributed by atoms with E-state index in [-0.39, 0.29) is 11.9 Å². The fourth-order valence-corrected chi connectivity index (χ4v) is 2.78. The van der Waals surface area contributed by atoms with Gasteiger partial charge >= 0.3 is 0 Å². The lowest BCUT2D eigenvalue weighted by Crippen LogP contribution is -2.46. The van der Waals surface area contributed by atoms with Crippen molar-refractivity contribution in [2.45, 2.75) is 12.6 Å². The first kappa shape index (κ1) is 15.8. The molecule has 0 aliphatic carbocycles. The molecule has 1 saturated heterocycles. The highest BCUT2D eigenvalue weighted by Crippen LogP contribution is 2.14. The fourth-order valence-electron chi connectivity index (χ4n) is 2.78. The molecule has 2 aromatic rings. The molecular weight excluding hydrogens is 295 g/mol. The second kappa shape index (κ2) is 7.48. The monoisotopic (exact) mass is 316 g/mol. The minimum Gasteiger partial charge on any atom is -0.374 e. The normalized spacial score (nSPS) is 18.8. The molecule has 1 fully saturated rings. The van der Waals surface area contributed by atoms with Gasteiger partial charge in [-0.2, -0.15) is 5.10 Å². The summed E-state index contributed by atoms with van der Waals surface area (Å²) in [5.41, 5.74) is 1.12. The molecule has 6 heteroatoms. The van der Waals surface area contributed by atoms with Crippen LogP contribution < -0.4 is 4.90 Å². The van der Waals surface area contributed by atoms with E-state index in [2.05, 4.69) is 20.0 Å². The molecule has 0 N–H and O–H groups in total. The summed E-state index contributed by atoms with van der Waals surface area (Å²) in [5, 5.41) is 8.01. The van der Waals surface area contributed by atoms with Crippen LogP contribution in [0.25, 0.3) is 0 Å². The smallest absolute Gasteiger partial charge is 0.151 e. The molecule has 0 radical (unpaired) electrons. The van der Waals surface area contributed by atoms with Gasteiger partial charge in [0.15, 0.2) is 5.82 Å². The van der Waals surface area contributed by atoms with E-state index in [9.17, 15) is 4.39 Å². The molecule has 5 nitrogen and oxygen atoms in total. The molecule has 1 atom stereocenters. The molecule has 1 aromatic carbocycles. The number of hydrogen-bond acceptors (Lipinski definition) is 5. The summed E-state index contributed by atoms with van der Waals surface area (Å²) in [6.45, 7) is 4.03. The van der Waals surface area contributed by atoms with E-state index < -0.39 is 0 Å². The molecular formula is C17H21FN4O. The van der Waals surface area contributed by atoms with Crippen LogP contribution in [0.15, 0.2) is 42.6 Å². The number of likely N-dealkylation sites (N-methyl/N-ethyl adjacent to an activating group) is 1. The molecule has 1 aliphatic rings. The average molecular weight is 316 g/mol. The van der Waals surface area contributed by atoms with Gasteiger partial charge in [0.2, 0.25) is 0 Å². The fraction of sp³-hybridized carbons (Fsp3) is 0.412. The van der Waals surface area contributed by atoms with Crippen molar-refractivity contribution < 1.29 is 9.13 Å². The van der Waals surface area contributed by atoms with Gasteiger partial charge in [-0.3, -0.25) is 4.90 Å². The van der Waals surface area contributed by atoms with Crippen LogP contribution in [-0.4, -0.2) is 54.5 Å². The van der Waals surface area contributed by atoms with E-state index in [1.54, 1.807) is 6.20 Å². The SMILES string of the molecule is CN(CC1CN(Cc2ccc(F)cc2)CCO1)c1cccnn1. The Kier molecular flexibility index (Phi) is 5.15. The first-order valence-corrected chi connectivity index (χ1v) is 7.78. The van der Waals surface area contributed by atoms with E-state index >= 15 is 0 Å². The number of hydrogen-bond donors (Lipinski definition) is 0. The Morgan fingerprint density at radius 2 is 2.13 bits per heavy atom. The zero-order chi connectivity index (χ0) is 16.1. The number of ether oxygens (including phenoxy) is 1. The quantitative estimate of drug-likeness (QED) is 0.843. The molecule has 2 heterocycles. The Hall–Kier alpha value is -2.05. The van der Waals surface area contributed by atoms with Gasteiger partial charge in [-0.25, -0.2) is 4.39 Å². The summed E-state index contributed by atoms with van der Waals surface area (Å²) in [5.74, 6) is 0.644. The highest BCUT2D eigenvalue weighted by Gasteiger charge is 2.22. The topological polar surface area (TPSA) is 41.5 Å². The lowest BCUT2D eigenvalue weighted by Gasteiger charge is -2.35. The summed E-state index contributed by atoms with van der Waals surface area (Å²) in [6.07, 6.45) is 1.79. The van der Waals surface area contributed by atoms with Gasteiger partial charge in [0.05, 0.1) is 12.7 Å². The number of rotatable bonds is 5. The molecule has 0 spiro atoms. The van der Waals surface area contributed by atoms with Crippen molar-refractivity contribution in [2.24, 2.45) is 0 Å². The standard InChI is InChI=1S/C17H21FN4O/c1-21(17-3-2-8-19-20-17)12-16-13-22(9-10-23-16)11-14-4-6-15(18)7-5-14/h2-8,16H,9-13H2,1H3. The van der Waals surface area contributed by atoms with Crippen LogP contribution in [0.3, 0.4) is 0 Å². The summed E-state index contributed by atoms with van der Waals surface area (Å²) < 4.78 is 18.8. The number of anilines is 1. The molecule has 0 amide bonds. The molecule has 23 heavy (non-hydrogen) atoms. The summed E-state index contributed by atoms with van der Waals surface area (Å²) >= 11 is 0. The number of aromatic nitrogens is 2. The van der Waals surface area contributed by atoms with Crippen LogP contribution in [0.2, 0.25) is 0 Å². The average Bonchev–Trinajstić information content (AvgIpc) is 2.58. The maximum atomic E-state index is 13.0. The largest absolute Gasteiger partial charge is 0.374 e. The third-order valence-corrected chi connectivity index (χ3v) is 3.97. The van der Waals surface area contributed by atoms with Crippen LogP contribution in [-0.2, 0) is 11.3 Å². The van der Waals surface area contributed by atoms with E-state index in [4.69, 9.17) is 4.74 Å². The van der Waals surface area contributed by atoms with E-state index in [0.717, 1.165) is 37.6 Å². The molecule has 0 saturated carbocycles. The summed E-state index contributed by atoms with van der Waals surface area (Å²) in [7, 11) is 1.99. The van der Waals surface area contributed by atoms with Crippen molar-refractivity contribution >= 4 is 5.82 Å². The number of morpholine rings is 1. The second-order valence-corrected chi connectivity index (χ2v) is 5.82. The van der Waals surface area contributed by atoms with E-state index in [1.165, 1.54) is 12.1 Å².